The van der Waals surface area contributed by atoms with Crippen LogP contribution in [0.2, 0.25) is 0 Å². The molecule has 6 aromatic rings. The van der Waals surface area contributed by atoms with Gasteiger partial charge in [-0.25, -0.2) is 0 Å². The summed E-state index contributed by atoms with van der Waals surface area (Å²) < 4.78 is 3.18. The molecule has 6 rings (SSSR count). The van der Waals surface area contributed by atoms with Gasteiger partial charge in [-0.3, -0.25) is 4.98 Å². The first-order chi connectivity index (χ1) is 15.9. The average Bonchev–Trinajstić information content (AvgIpc) is 3.54. The van der Waals surface area contributed by atoms with Crippen LogP contribution in [0.4, 0.5) is 0 Å². The van der Waals surface area contributed by atoms with Crippen molar-refractivity contribution in [3.8, 4) is 39.3 Å². The van der Waals surface area contributed by atoms with Crippen molar-refractivity contribution < 1.29 is 20.1 Å². The monoisotopic (exact) mass is 622 g/mol. The number of thiazole rings is 1. The largest absolute Gasteiger partial charge is 0.322 e. The van der Waals surface area contributed by atoms with Gasteiger partial charge in [-0.1, -0.05) is 78.9 Å². The predicted molar refractivity (Wildman–Crippen MR) is 130 cm³/mol. The molecule has 0 aliphatic rings. The Hall–Kier alpha value is -3.44. The Morgan fingerprint density at radius 3 is 2.12 bits per heavy atom. The van der Waals surface area contributed by atoms with Gasteiger partial charge in [0.1, 0.15) is 6.33 Å². The van der Waals surface area contributed by atoms with Crippen molar-refractivity contribution in [2.45, 2.75) is 0 Å². The number of rotatable bonds is 4. The predicted octanol–water partition coefficient (Wildman–Crippen LogP) is 6.68. The van der Waals surface area contributed by atoms with E-state index in [-0.39, 0.29) is 20.1 Å². The summed E-state index contributed by atoms with van der Waals surface area (Å²) in [6, 6.07) is 34.6. The molecular weight excluding hydrogens is 605 g/mol. The SMILES string of the molecule is [Ir].[c-]1cc2ncsc2cc1-c1nncn1-c1c(-c2ccccc2)cccc1-c1ccccc1. The van der Waals surface area contributed by atoms with Gasteiger partial charge in [-0.15, -0.1) is 40.2 Å². The smallest absolute Gasteiger partial charge is 0.115 e. The molecule has 2 heterocycles. The zero-order valence-corrected chi connectivity index (χ0v) is 20.6. The summed E-state index contributed by atoms with van der Waals surface area (Å²) in [5.74, 6) is 0.751. The Balaban J connectivity index is 0.00000228. The van der Waals surface area contributed by atoms with Crippen molar-refractivity contribution in [3.63, 3.8) is 0 Å². The minimum absolute atomic E-state index is 0. The fourth-order valence-corrected chi connectivity index (χ4v) is 4.71. The third kappa shape index (κ3) is 3.93. The molecule has 4 aromatic carbocycles. The zero-order valence-electron chi connectivity index (χ0n) is 17.3. The summed E-state index contributed by atoms with van der Waals surface area (Å²) in [6.45, 7) is 0. The number of nitrogens with zero attached hydrogens (tertiary/aromatic N) is 4. The first-order valence-corrected chi connectivity index (χ1v) is 11.2. The Morgan fingerprint density at radius 1 is 0.788 bits per heavy atom. The summed E-state index contributed by atoms with van der Waals surface area (Å²) in [4.78, 5) is 4.37. The fourth-order valence-electron chi connectivity index (χ4n) is 4.01. The van der Waals surface area contributed by atoms with Gasteiger partial charge in [0.15, 0.2) is 0 Å². The average molecular weight is 622 g/mol. The van der Waals surface area contributed by atoms with E-state index in [1.807, 2.05) is 23.7 Å². The van der Waals surface area contributed by atoms with Gasteiger partial charge in [-0.05, 0) is 21.3 Å². The fraction of sp³-hybridized carbons (Fsp3) is 0. The van der Waals surface area contributed by atoms with E-state index in [2.05, 4.69) is 98.6 Å². The first kappa shape index (κ1) is 21.4. The standard InChI is InChI=1S/C27H17N4S.Ir/c1-3-8-19(9-4-1)22-12-7-13-23(20-10-5-2-6-11-20)26(22)31-17-29-30-27(31)21-14-15-24-25(16-21)32-18-28-24;/h1-13,15-18H;/q-1;. The normalized spacial score (nSPS) is 10.8. The van der Waals surface area contributed by atoms with Crippen molar-refractivity contribution in [2.75, 3.05) is 0 Å². The first-order valence-electron chi connectivity index (χ1n) is 10.3. The summed E-state index contributed by atoms with van der Waals surface area (Å²) >= 11 is 1.61. The Labute approximate surface area is 209 Å². The number of aromatic nitrogens is 4. The molecule has 0 N–H and O–H groups in total. The Morgan fingerprint density at radius 2 is 1.45 bits per heavy atom. The van der Waals surface area contributed by atoms with E-state index in [1.54, 1.807) is 17.7 Å². The van der Waals surface area contributed by atoms with Crippen molar-refractivity contribution in [2.24, 2.45) is 0 Å². The molecule has 0 saturated heterocycles. The molecule has 6 heteroatoms. The van der Waals surface area contributed by atoms with Crippen LogP contribution >= 0.6 is 11.3 Å². The van der Waals surface area contributed by atoms with Crippen molar-refractivity contribution in [1.29, 1.82) is 0 Å². The second-order valence-corrected chi connectivity index (χ2v) is 8.29. The van der Waals surface area contributed by atoms with Gasteiger partial charge in [0.25, 0.3) is 0 Å². The maximum atomic E-state index is 4.49. The summed E-state index contributed by atoms with van der Waals surface area (Å²) in [6.07, 6.45) is 1.79. The minimum atomic E-state index is 0. The molecule has 0 bridgehead atoms. The molecule has 0 spiro atoms. The van der Waals surface area contributed by atoms with E-state index < -0.39 is 0 Å². The molecule has 0 amide bonds. The summed E-state index contributed by atoms with van der Waals surface area (Å²) in [5.41, 5.74) is 9.25. The number of benzene rings is 4. The molecule has 33 heavy (non-hydrogen) atoms. The quantitative estimate of drug-likeness (QED) is 0.207. The van der Waals surface area contributed by atoms with Crippen LogP contribution < -0.4 is 0 Å². The molecule has 0 unspecified atom stereocenters. The van der Waals surface area contributed by atoms with Crippen LogP contribution in [-0.4, -0.2) is 19.7 Å². The topological polar surface area (TPSA) is 43.6 Å². The Kier molecular flexibility index (Phi) is 5.97. The molecule has 0 aliphatic carbocycles. The van der Waals surface area contributed by atoms with Crippen LogP contribution in [0.1, 0.15) is 0 Å². The van der Waals surface area contributed by atoms with E-state index >= 15 is 0 Å². The Bertz CT molecular complexity index is 1470. The van der Waals surface area contributed by atoms with Crippen LogP contribution in [0.3, 0.4) is 0 Å². The van der Waals surface area contributed by atoms with E-state index in [4.69, 9.17) is 0 Å². The van der Waals surface area contributed by atoms with E-state index in [0.29, 0.717) is 0 Å². The van der Waals surface area contributed by atoms with Gasteiger partial charge in [0.05, 0.1) is 17.0 Å². The maximum absolute atomic E-state index is 4.49. The van der Waals surface area contributed by atoms with E-state index in [9.17, 15) is 0 Å². The molecule has 1 radical (unpaired) electrons. The maximum Gasteiger partial charge on any atom is 0.115 e. The molecule has 0 saturated carbocycles. The molecule has 0 fully saturated rings. The summed E-state index contributed by atoms with van der Waals surface area (Å²) in [7, 11) is 0. The van der Waals surface area contributed by atoms with Crippen LogP contribution in [0, 0.1) is 6.07 Å². The van der Waals surface area contributed by atoms with Crippen LogP contribution in [-0.2, 0) is 20.1 Å². The second-order valence-electron chi connectivity index (χ2n) is 7.41. The number of fused-ring (bicyclic) bond motifs is 1. The van der Waals surface area contributed by atoms with Crippen molar-refractivity contribution >= 4 is 21.6 Å². The molecule has 0 aliphatic heterocycles. The van der Waals surface area contributed by atoms with Gasteiger partial charge in [-0.2, -0.15) is 5.10 Å². The number of hydrogen-bond donors (Lipinski definition) is 0. The van der Waals surface area contributed by atoms with Crippen LogP contribution in [0.5, 0.6) is 0 Å². The molecule has 4 nitrogen and oxygen atoms in total. The summed E-state index contributed by atoms with van der Waals surface area (Å²) in [5, 5.41) is 8.78. The zero-order chi connectivity index (χ0) is 21.3. The molecule has 0 atom stereocenters. The number of para-hydroxylation sites is 1. The third-order valence-corrected chi connectivity index (χ3v) is 6.29. The van der Waals surface area contributed by atoms with Crippen LogP contribution in [0.15, 0.2) is 103 Å². The van der Waals surface area contributed by atoms with Crippen LogP contribution in [0.25, 0.3) is 49.5 Å². The second kappa shape index (κ2) is 9.20. The van der Waals surface area contributed by atoms with Gasteiger partial charge < -0.3 is 4.57 Å². The van der Waals surface area contributed by atoms with E-state index in [1.165, 1.54) is 0 Å². The molecule has 2 aromatic heterocycles. The third-order valence-electron chi connectivity index (χ3n) is 5.50. The molecular formula is C27H17IrN4S-. The number of hydrogen-bond acceptors (Lipinski definition) is 4. The van der Waals surface area contributed by atoms with Crippen molar-refractivity contribution in [1.82, 2.24) is 19.7 Å². The van der Waals surface area contributed by atoms with Crippen molar-refractivity contribution in [3.05, 3.63) is 109 Å². The van der Waals surface area contributed by atoms with Gasteiger partial charge >= 0.3 is 0 Å². The molecule has 161 valence electrons. The van der Waals surface area contributed by atoms with E-state index in [0.717, 1.165) is 49.5 Å². The van der Waals surface area contributed by atoms with Gasteiger partial charge in [0, 0.05) is 31.2 Å². The van der Waals surface area contributed by atoms with Gasteiger partial charge in [0.2, 0.25) is 0 Å². The minimum Gasteiger partial charge on any atom is -0.322 e.